The molecule has 0 aliphatic carbocycles. The van der Waals surface area contributed by atoms with Gasteiger partial charge in [-0.25, -0.2) is 9.46 Å². The van der Waals surface area contributed by atoms with Gasteiger partial charge in [0, 0.05) is 31.0 Å². The lowest BCUT2D eigenvalue weighted by Gasteiger charge is -2.50. The maximum atomic E-state index is 13.8. The minimum Gasteiger partial charge on any atom is -0.486 e. The second kappa shape index (κ2) is 7.85. The second-order valence-electron chi connectivity index (χ2n) is 7.27. The van der Waals surface area contributed by atoms with Gasteiger partial charge in [-0.2, -0.15) is 0 Å². The number of fused-ring (bicyclic) bond motifs is 2. The Kier molecular flexibility index (Phi) is 5.19. The van der Waals surface area contributed by atoms with Crippen LogP contribution in [0.1, 0.15) is 6.92 Å². The summed E-state index contributed by atoms with van der Waals surface area (Å²) in [6.45, 7) is 6.10. The Labute approximate surface area is 181 Å². The van der Waals surface area contributed by atoms with E-state index in [1.165, 1.54) is 0 Å². The molecule has 0 saturated carbocycles. The lowest BCUT2D eigenvalue weighted by molar-refractivity contribution is 0.0749. The van der Waals surface area contributed by atoms with E-state index < -0.39 is 6.34 Å². The van der Waals surface area contributed by atoms with E-state index in [9.17, 15) is 4.79 Å². The number of hydrogen-bond acceptors (Lipinski definition) is 5. The number of urea groups is 1. The summed E-state index contributed by atoms with van der Waals surface area (Å²) in [7, 11) is 0. The van der Waals surface area contributed by atoms with Crippen LogP contribution in [0.2, 0.25) is 0 Å². The van der Waals surface area contributed by atoms with E-state index in [2.05, 4.69) is 4.67 Å². The lowest BCUT2D eigenvalue weighted by atomic mass is 10.2. The molecule has 0 radical (unpaired) electrons. The van der Waals surface area contributed by atoms with Crippen molar-refractivity contribution in [2.24, 2.45) is 0 Å². The van der Waals surface area contributed by atoms with Crippen LogP contribution in [0, 0.1) is 0 Å². The summed E-state index contributed by atoms with van der Waals surface area (Å²) in [6, 6.07) is 13.6. The second-order valence-corrected chi connectivity index (χ2v) is 11.3. The molecule has 158 valence electrons. The topological polar surface area (TPSA) is 54.5 Å². The van der Waals surface area contributed by atoms with E-state index in [0.717, 1.165) is 16.7 Å². The SMILES string of the molecule is CCN1C(=O)N(c2ccccc2)[P@@](=S)(N2CCOCC2)c2cc3c(cc21)OCCO3. The maximum Gasteiger partial charge on any atom is 0.334 e. The first-order chi connectivity index (χ1) is 14.6. The molecule has 2 aromatic carbocycles. The molecule has 30 heavy (non-hydrogen) atoms. The maximum absolute atomic E-state index is 13.8. The summed E-state index contributed by atoms with van der Waals surface area (Å²) < 4.78 is 21.4. The summed E-state index contributed by atoms with van der Waals surface area (Å²) >= 11 is 6.48. The number of benzene rings is 2. The highest BCUT2D eigenvalue weighted by atomic mass is 32.4. The summed E-state index contributed by atoms with van der Waals surface area (Å²) in [5.74, 6) is 1.36. The molecule has 0 unspecified atom stereocenters. The summed E-state index contributed by atoms with van der Waals surface area (Å²) in [5, 5.41) is 0.967. The van der Waals surface area contributed by atoms with Gasteiger partial charge in [0.15, 0.2) is 11.5 Å². The van der Waals surface area contributed by atoms with Crippen LogP contribution in [-0.4, -0.2) is 56.8 Å². The molecule has 3 aliphatic heterocycles. The molecule has 0 spiro atoms. The van der Waals surface area contributed by atoms with Crippen LogP contribution in [0.3, 0.4) is 0 Å². The zero-order valence-electron chi connectivity index (χ0n) is 16.8. The van der Waals surface area contributed by atoms with Crippen molar-refractivity contribution in [2.75, 3.05) is 55.6 Å². The normalized spacial score (nSPS) is 24.0. The van der Waals surface area contributed by atoms with Crippen LogP contribution in [0.5, 0.6) is 11.5 Å². The van der Waals surface area contributed by atoms with Gasteiger partial charge < -0.3 is 14.2 Å². The number of carbonyl (C=O) groups excluding carboxylic acids is 1. The van der Waals surface area contributed by atoms with Gasteiger partial charge >= 0.3 is 6.03 Å². The Morgan fingerprint density at radius 2 is 1.67 bits per heavy atom. The van der Waals surface area contributed by atoms with Crippen molar-refractivity contribution in [3.63, 3.8) is 0 Å². The van der Waals surface area contributed by atoms with Crippen molar-refractivity contribution in [1.82, 2.24) is 4.67 Å². The molecule has 1 saturated heterocycles. The number of anilines is 2. The molecule has 0 aromatic heterocycles. The number of ether oxygens (including phenoxy) is 3. The number of para-hydroxylation sites is 1. The zero-order chi connectivity index (χ0) is 20.7. The Balaban J connectivity index is 1.76. The monoisotopic (exact) mass is 445 g/mol. The molecule has 2 aromatic rings. The smallest absolute Gasteiger partial charge is 0.334 e. The molecule has 3 aliphatic rings. The van der Waals surface area contributed by atoms with Crippen molar-refractivity contribution in [3.8, 4) is 11.5 Å². The van der Waals surface area contributed by atoms with Gasteiger partial charge in [-0.1, -0.05) is 30.0 Å². The molecule has 9 heteroatoms. The summed E-state index contributed by atoms with van der Waals surface area (Å²) in [4.78, 5) is 15.6. The zero-order valence-corrected chi connectivity index (χ0v) is 18.5. The van der Waals surface area contributed by atoms with Gasteiger partial charge in [0.25, 0.3) is 0 Å². The van der Waals surface area contributed by atoms with Gasteiger partial charge in [0.2, 0.25) is 0 Å². The average Bonchev–Trinajstić information content (AvgIpc) is 2.80. The van der Waals surface area contributed by atoms with E-state index in [0.29, 0.717) is 57.6 Å². The van der Waals surface area contributed by atoms with Gasteiger partial charge in [-0.15, -0.1) is 0 Å². The van der Waals surface area contributed by atoms with Crippen LogP contribution in [-0.2, 0) is 16.5 Å². The van der Waals surface area contributed by atoms with Gasteiger partial charge in [0.1, 0.15) is 19.6 Å². The van der Waals surface area contributed by atoms with Gasteiger partial charge in [-0.3, -0.25) is 9.57 Å². The first kappa shape index (κ1) is 19.8. The van der Waals surface area contributed by atoms with E-state index >= 15 is 0 Å². The number of hydrogen-bond donors (Lipinski definition) is 0. The summed E-state index contributed by atoms with van der Waals surface area (Å²) in [6.07, 6.45) is -2.67. The average molecular weight is 445 g/mol. The van der Waals surface area contributed by atoms with Crippen molar-refractivity contribution >= 4 is 40.9 Å². The predicted molar refractivity (Wildman–Crippen MR) is 121 cm³/mol. The Hall–Kier alpha value is -2.12. The van der Waals surface area contributed by atoms with Crippen molar-refractivity contribution < 1.29 is 19.0 Å². The van der Waals surface area contributed by atoms with Crippen LogP contribution in [0.4, 0.5) is 16.2 Å². The number of nitrogens with zero attached hydrogens (tertiary/aromatic N) is 3. The van der Waals surface area contributed by atoms with E-state index in [-0.39, 0.29) is 6.03 Å². The van der Waals surface area contributed by atoms with E-state index in [1.807, 2.05) is 54.1 Å². The molecule has 2 amide bonds. The third kappa shape index (κ3) is 3.02. The van der Waals surface area contributed by atoms with Crippen LogP contribution >= 0.6 is 6.34 Å². The molecular weight excluding hydrogens is 421 g/mol. The summed E-state index contributed by atoms with van der Waals surface area (Å²) in [5.41, 5.74) is 1.64. The predicted octanol–water partition coefficient (Wildman–Crippen LogP) is 3.19. The van der Waals surface area contributed by atoms with Gasteiger partial charge in [-0.05, 0) is 25.1 Å². The van der Waals surface area contributed by atoms with E-state index in [1.54, 1.807) is 4.90 Å². The van der Waals surface area contributed by atoms with Gasteiger partial charge in [0.05, 0.1) is 24.6 Å². The third-order valence-corrected chi connectivity index (χ3v) is 10.5. The first-order valence-electron chi connectivity index (χ1n) is 10.2. The Morgan fingerprint density at radius 1 is 1.00 bits per heavy atom. The van der Waals surface area contributed by atoms with Crippen LogP contribution in [0.15, 0.2) is 42.5 Å². The highest BCUT2D eigenvalue weighted by molar-refractivity contribution is 8.18. The van der Waals surface area contributed by atoms with Crippen LogP contribution < -0.4 is 24.3 Å². The molecule has 0 bridgehead atoms. The Bertz CT molecular complexity index is 1010. The van der Waals surface area contributed by atoms with Crippen molar-refractivity contribution in [2.45, 2.75) is 6.92 Å². The minimum atomic E-state index is -2.67. The molecule has 0 N–H and O–H groups in total. The van der Waals surface area contributed by atoms with Crippen molar-refractivity contribution in [3.05, 3.63) is 42.5 Å². The minimum absolute atomic E-state index is 0.0947. The quantitative estimate of drug-likeness (QED) is 0.677. The highest BCUT2D eigenvalue weighted by Crippen LogP contribution is 2.60. The Morgan fingerprint density at radius 3 is 2.33 bits per heavy atom. The van der Waals surface area contributed by atoms with Crippen LogP contribution in [0.25, 0.3) is 0 Å². The standard InChI is InChI=1S/C21H24N3O4PS/c1-2-23-17-14-18-19(28-13-12-27-18)15-20(17)29(30,22-8-10-26-11-9-22)24(21(23)25)16-6-4-3-5-7-16/h3-7,14-15H,2,8-13H2,1H3/t29-/m0/s1. The lowest BCUT2D eigenvalue weighted by Crippen LogP contribution is -2.54. The number of amides is 2. The molecule has 5 rings (SSSR count). The fraction of sp³-hybridized carbons (Fsp3) is 0.381. The molecule has 1 fully saturated rings. The fourth-order valence-electron chi connectivity index (χ4n) is 4.20. The first-order valence-corrected chi connectivity index (χ1v) is 12.9. The third-order valence-electron chi connectivity index (χ3n) is 5.62. The van der Waals surface area contributed by atoms with Crippen molar-refractivity contribution in [1.29, 1.82) is 0 Å². The molecular formula is C21H24N3O4PS. The molecule has 7 nitrogen and oxygen atoms in total. The largest absolute Gasteiger partial charge is 0.486 e. The number of morpholine rings is 1. The highest BCUT2D eigenvalue weighted by Gasteiger charge is 2.47. The molecule has 1 atom stereocenters. The number of carbonyl (C=O) groups is 1. The molecule has 3 heterocycles. The fourth-order valence-corrected chi connectivity index (χ4v) is 8.66. The van der Waals surface area contributed by atoms with E-state index in [4.69, 9.17) is 26.0 Å². The number of rotatable bonds is 3.